The quantitative estimate of drug-likeness (QED) is 0.390. The minimum absolute atomic E-state index is 0.0743. The summed E-state index contributed by atoms with van der Waals surface area (Å²) in [6.07, 6.45) is -2.50. The number of carbonyl (C=O) groups excluding carboxylic acids is 1. The monoisotopic (exact) mass is 212 g/mol. The summed E-state index contributed by atoms with van der Waals surface area (Å²) in [6.45, 7) is 2.26. The first-order chi connectivity index (χ1) is 5.75. The van der Waals surface area contributed by atoms with Gasteiger partial charge in [-0.05, 0) is 25.4 Å². The molecule has 0 spiro atoms. The van der Waals surface area contributed by atoms with Gasteiger partial charge >= 0.3 is 6.18 Å². The smallest absolute Gasteiger partial charge is 0.276 e. The van der Waals surface area contributed by atoms with E-state index in [1.54, 1.807) is 0 Å². The number of carbonyl (C=O) groups is 1. The van der Waals surface area contributed by atoms with Crippen LogP contribution < -0.4 is 0 Å². The van der Waals surface area contributed by atoms with E-state index < -0.39 is 17.0 Å². The van der Waals surface area contributed by atoms with Crippen LogP contribution in [0.3, 0.4) is 0 Å². The zero-order valence-electron chi connectivity index (χ0n) is 7.07. The van der Waals surface area contributed by atoms with Gasteiger partial charge in [-0.25, -0.2) is 0 Å². The van der Waals surface area contributed by atoms with Crippen molar-refractivity contribution in [3.63, 3.8) is 0 Å². The van der Waals surface area contributed by atoms with Gasteiger partial charge in [0.05, 0.1) is 0 Å². The third-order valence-electron chi connectivity index (χ3n) is 1.34. The first kappa shape index (κ1) is 12.2. The SMILES string of the molecule is CC(=CC=C(C)C(F)(F)F)C(=O)Cl. The second-order valence-electron chi connectivity index (χ2n) is 2.47. The van der Waals surface area contributed by atoms with E-state index in [4.69, 9.17) is 11.6 Å². The summed E-state index contributed by atoms with van der Waals surface area (Å²) in [5, 5.41) is -0.758. The minimum atomic E-state index is -4.36. The van der Waals surface area contributed by atoms with E-state index in [1.807, 2.05) is 0 Å². The third-order valence-corrected chi connectivity index (χ3v) is 1.64. The highest BCUT2D eigenvalue weighted by Gasteiger charge is 2.29. The number of allylic oxidation sites excluding steroid dienone is 4. The molecule has 0 aromatic heterocycles. The Morgan fingerprint density at radius 3 is 2.00 bits per heavy atom. The van der Waals surface area contributed by atoms with Crippen LogP contribution in [0.15, 0.2) is 23.3 Å². The predicted molar refractivity (Wildman–Crippen MR) is 44.4 cm³/mol. The van der Waals surface area contributed by atoms with Gasteiger partial charge < -0.3 is 0 Å². The zero-order valence-corrected chi connectivity index (χ0v) is 7.83. The van der Waals surface area contributed by atoms with Gasteiger partial charge in [-0.2, -0.15) is 13.2 Å². The Bertz CT molecular complexity index is 263. The van der Waals surface area contributed by atoms with Gasteiger partial charge in [0.1, 0.15) is 0 Å². The van der Waals surface area contributed by atoms with Crippen molar-refractivity contribution in [1.29, 1.82) is 0 Å². The maximum Gasteiger partial charge on any atom is 0.412 e. The maximum absolute atomic E-state index is 11.9. The lowest BCUT2D eigenvalue weighted by Crippen LogP contribution is -2.08. The molecular formula is C8H8ClF3O. The fraction of sp³-hybridized carbons (Fsp3) is 0.375. The summed E-state index contributed by atoms with van der Waals surface area (Å²) in [7, 11) is 0. The Morgan fingerprint density at radius 1 is 1.23 bits per heavy atom. The zero-order chi connectivity index (χ0) is 10.6. The molecule has 0 rings (SSSR count). The van der Waals surface area contributed by atoms with E-state index in [2.05, 4.69) is 0 Å². The van der Waals surface area contributed by atoms with E-state index >= 15 is 0 Å². The molecule has 0 heterocycles. The van der Waals surface area contributed by atoms with Gasteiger partial charge in [-0.15, -0.1) is 0 Å². The van der Waals surface area contributed by atoms with Crippen molar-refractivity contribution in [1.82, 2.24) is 0 Å². The first-order valence-corrected chi connectivity index (χ1v) is 3.75. The first-order valence-electron chi connectivity index (χ1n) is 3.37. The Balaban J connectivity index is 4.61. The Morgan fingerprint density at radius 2 is 1.69 bits per heavy atom. The molecule has 0 aromatic rings. The Labute approximate surface area is 78.9 Å². The Kier molecular flexibility index (Phi) is 4.20. The van der Waals surface area contributed by atoms with Crippen LogP contribution >= 0.6 is 11.6 Å². The van der Waals surface area contributed by atoms with Crippen molar-refractivity contribution in [2.45, 2.75) is 20.0 Å². The molecular weight excluding hydrogens is 205 g/mol. The normalized spacial score (nSPS) is 14.6. The summed E-state index contributed by atoms with van der Waals surface area (Å²) in [5.41, 5.74) is -0.699. The molecule has 0 N–H and O–H groups in total. The molecule has 0 aliphatic rings. The summed E-state index contributed by atoms with van der Waals surface area (Å²) >= 11 is 5.01. The highest BCUT2D eigenvalue weighted by molar-refractivity contribution is 6.67. The van der Waals surface area contributed by atoms with Crippen LogP contribution in [0.4, 0.5) is 13.2 Å². The second kappa shape index (κ2) is 4.46. The molecule has 5 heteroatoms. The van der Waals surface area contributed by atoms with E-state index in [-0.39, 0.29) is 5.57 Å². The summed E-state index contributed by atoms with van der Waals surface area (Å²) < 4.78 is 35.7. The molecule has 1 nitrogen and oxygen atoms in total. The lowest BCUT2D eigenvalue weighted by atomic mass is 10.2. The number of hydrogen-bond acceptors (Lipinski definition) is 1. The number of halogens is 4. The van der Waals surface area contributed by atoms with Crippen molar-refractivity contribution < 1.29 is 18.0 Å². The van der Waals surface area contributed by atoms with Crippen LogP contribution in [0.5, 0.6) is 0 Å². The lowest BCUT2D eigenvalue weighted by molar-refractivity contribution is -0.108. The molecule has 0 aromatic carbocycles. The van der Waals surface area contributed by atoms with Gasteiger partial charge in [0, 0.05) is 11.1 Å². The molecule has 74 valence electrons. The molecule has 0 saturated heterocycles. The second-order valence-corrected chi connectivity index (χ2v) is 2.81. The van der Waals surface area contributed by atoms with Gasteiger partial charge in [0.2, 0.25) is 5.24 Å². The molecule has 0 radical (unpaired) electrons. The summed E-state index contributed by atoms with van der Waals surface area (Å²) in [5.74, 6) is 0. The van der Waals surface area contributed by atoms with Gasteiger partial charge in [-0.3, -0.25) is 4.79 Å². The average molecular weight is 213 g/mol. The molecule has 0 aliphatic heterocycles. The highest BCUT2D eigenvalue weighted by Crippen LogP contribution is 2.24. The van der Waals surface area contributed by atoms with Crippen molar-refractivity contribution in [3.05, 3.63) is 23.3 Å². The maximum atomic E-state index is 11.9. The number of hydrogen-bond donors (Lipinski definition) is 0. The van der Waals surface area contributed by atoms with Crippen LogP contribution in [0.25, 0.3) is 0 Å². The van der Waals surface area contributed by atoms with Crippen molar-refractivity contribution >= 4 is 16.8 Å². The summed E-state index contributed by atoms with van der Waals surface area (Å²) in [6, 6.07) is 0. The molecule has 0 amide bonds. The van der Waals surface area contributed by atoms with Crippen LogP contribution in [-0.2, 0) is 4.79 Å². The van der Waals surface area contributed by atoms with E-state index in [1.165, 1.54) is 6.92 Å². The van der Waals surface area contributed by atoms with Crippen LogP contribution in [0.2, 0.25) is 0 Å². The Hall–Kier alpha value is -0.770. The van der Waals surface area contributed by atoms with Crippen LogP contribution in [0, 0.1) is 0 Å². The van der Waals surface area contributed by atoms with Gasteiger partial charge in [-0.1, -0.05) is 12.2 Å². The molecule has 0 unspecified atom stereocenters. The fourth-order valence-electron chi connectivity index (χ4n) is 0.410. The van der Waals surface area contributed by atoms with Gasteiger partial charge in [0.25, 0.3) is 0 Å². The molecule has 13 heavy (non-hydrogen) atoms. The molecule has 0 fully saturated rings. The van der Waals surface area contributed by atoms with E-state index in [0.717, 1.165) is 19.1 Å². The van der Waals surface area contributed by atoms with E-state index in [0.29, 0.717) is 0 Å². The molecule has 0 aliphatic carbocycles. The fourth-order valence-corrected chi connectivity index (χ4v) is 0.473. The van der Waals surface area contributed by atoms with E-state index in [9.17, 15) is 18.0 Å². The van der Waals surface area contributed by atoms with Crippen molar-refractivity contribution in [2.24, 2.45) is 0 Å². The highest BCUT2D eigenvalue weighted by atomic mass is 35.5. The standard InChI is InChI=1S/C8H8ClF3O/c1-5(7(9)13)3-4-6(2)8(10,11)12/h3-4H,1-2H3. The lowest BCUT2D eigenvalue weighted by Gasteiger charge is -2.04. The topological polar surface area (TPSA) is 17.1 Å². The van der Waals surface area contributed by atoms with Crippen LogP contribution in [-0.4, -0.2) is 11.4 Å². The molecule has 0 bridgehead atoms. The van der Waals surface area contributed by atoms with Crippen LogP contribution in [0.1, 0.15) is 13.8 Å². The number of alkyl halides is 3. The molecule has 0 saturated carbocycles. The van der Waals surface area contributed by atoms with Crippen molar-refractivity contribution in [3.8, 4) is 0 Å². The summed E-state index contributed by atoms with van der Waals surface area (Å²) in [4.78, 5) is 10.4. The molecule has 0 atom stereocenters. The van der Waals surface area contributed by atoms with Gasteiger partial charge in [0.15, 0.2) is 0 Å². The van der Waals surface area contributed by atoms with Crippen molar-refractivity contribution in [2.75, 3.05) is 0 Å². The predicted octanol–water partition coefficient (Wildman–Crippen LogP) is 3.21. The number of rotatable bonds is 2. The third kappa shape index (κ3) is 4.72. The average Bonchev–Trinajstić information content (AvgIpc) is 1.97. The largest absolute Gasteiger partial charge is 0.412 e. The minimum Gasteiger partial charge on any atom is -0.276 e.